The lowest BCUT2D eigenvalue weighted by Crippen LogP contribution is -1.93. The lowest BCUT2D eigenvalue weighted by molar-refractivity contribution is 0.428. The standard InChI is InChI=1S/C8H8N4O/c9-8-11-7(12-13-8)5-6-3-1-2-4-10-6/h1-4H,5H2,(H2,9,11,12). The van der Waals surface area contributed by atoms with E-state index in [0.717, 1.165) is 5.69 Å². The highest BCUT2D eigenvalue weighted by molar-refractivity contribution is 5.13. The molecule has 5 heteroatoms. The van der Waals surface area contributed by atoms with Gasteiger partial charge < -0.3 is 10.3 Å². The highest BCUT2D eigenvalue weighted by atomic mass is 16.5. The fraction of sp³-hybridized carbons (Fsp3) is 0.125. The third kappa shape index (κ3) is 1.81. The van der Waals surface area contributed by atoms with Crippen LogP contribution in [0.15, 0.2) is 28.9 Å². The van der Waals surface area contributed by atoms with Gasteiger partial charge in [-0.05, 0) is 12.1 Å². The zero-order valence-corrected chi connectivity index (χ0v) is 6.84. The van der Waals surface area contributed by atoms with Gasteiger partial charge in [0.1, 0.15) is 0 Å². The largest absolute Gasteiger partial charge is 0.351 e. The molecule has 2 rings (SSSR count). The van der Waals surface area contributed by atoms with Crippen molar-refractivity contribution in [2.24, 2.45) is 0 Å². The van der Waals surface area contributed by atoms with Gasteiger partial charge in [-0.15, -0.1) is 0 Å². The first-order chi connectivity index (χ1) is 6.34. The van der Waals surface area contributed by atoms with E-state index in [0.29, 0.717) is 12.2 Å². The number of nitrogen functional groups attached to an aromatic ring is 1. The molecule has 5 nitrogen and oxygen atoms in total. The number of rotatable bonds is 2. The molecule has 0 atom stereocenters. The first kappa shape index (κ1) is 7.72. The van der Waals surface area contributed by atoms with Gasteiger partial charge in [-0.3, -0.25) is 4.98 Å². The summed E-state index contributed by atoms with van der Waals surface area (Å²) in [5, 5.41) is 3.66. The average Bonchev–Trinajstić information content (AvgIpc) is 2.53. The SMILES string of the molecule is Nc1nc(Cc2ccccn2)no1. The Balaban J connectivity index is 2.15. The predicted octanol–water partition coefficient (Wildman–Crippen LogP) is 0.638. The van der Waals surface area contributed by atoms with Gasteiger partial charge in [0.05, 0.1) is 6.42 Å². The summed E-state index contributed by atoms with van der Waals surface area (Å²) in [5.41, 5.74) is 6.16. The van der Waals surface area contributed by atoms with Gasteiger partial charge in [0.25, 0.3) is 0 Å². The van der Waals surface area contributed by atoms with E-state index in [1.807, 2.05) is 18.2 Å². The van der Waals surface area contributed by atoms with Crippen LogP contribution in [0.1, 0.15) is 11.5 Å². The van der Waals surface area contributed by atoms with Gasteiger partial charge in [-0.25, -0.2) is 0 Å². The number of nitrogens with zero attached hydrogens (tertiary/aromatic N) is 3. The Morgan fingerprint density at radius 1 is 1.38 bits per heavy atom. The monoisotopic (exact) mass is 176 g/mol. The molecule has 0 amide bonds. The lowest BCUT2D eigenvalue weighted by atomic mass is 10.3. The van der Waals surface area contributed by atoms with Gasteiger partial charge in [-0.1, -0.05) is 11.2 Å². The summed E-state index contributed by atoms with van der Waals surface area (Å²) < 4.78 is 4.63. The first-order valence-electron chi connectivity index (χ1n) is 3.82. The number of pyridine rings is 1. The highest BCUT2D eigenvalue weighted by Crippen LogP contribution is 2.03. The molecular formula is C8H8N4O. The third-order valence-corrected chi connectivity index (χ3v) is 1.55. The van der Waals surface area contributed by atoms with E-state index < -0.39 is 0 Å². The van der Waals surface area contributed by atoms with Crippen LogP contribution < -0.4 is 5.73 Å². The van der Waals surface area contributed by atoms with E-state index in [-0.39, 0.29) is 6.01 Å². The van der Waals surface area contributed by atoms with Crippen molar-refractivity contribution in [3.8, 4) is 0 Å². The molecule has 0 saturated carbocycles. The van der Waals surface area contributed by atoms with Gasteiger partial charge in [0.15, 0.2) is 5.82 Å². The van der Waals surface area contributed by atoms with Gasteiger partial charge in [0.2, 0.25) is 0 Å². The summed E-state index contributed by atoms with van der Waals surface area (Å²) in [6, 6.07) is 5.75. The molecule has 2 aromatic heterocycles. The molecule has 0 aliphatic rings. The van der Waals surface area contributed by atoms with E-state index >= 15 is 0 Å². The van der Waals surface area contributed by atoms with Crippen molar-refractivity contribution in [2.45, 2.75) is 6.42 Å². The Morgan fingerprint density at radius 3 is 2.92 bits per heavy atom. The number of hydrogen-bond acceptors (Lipinski definition) is 5. The Bertz CT molecular complexity index is 384. The van der Waals surface area contributed by atoms with Crippen molar-refractivity contribution >= 4 is 6.01 Å². The normalized spacial score (nSPS) is 10.2. The second kappa shape index (κ2) is 3.22. The zero-order chi connectivity index (χ0) is 9.10. The van der Waals surface area contributed by atoms with Crippen LogP contribution in [0.4, 0.5) is 6.01 Å². The maximum absolute atomic E-state index is 5.27. The van der Waals surface area contributed by atoms with E-state index in [1.165, 1.54) is 0 Å². The molecule has 13 heavy (non-hydrogen) atoms. The van der Waals surface area contributed by atoms with Crippen molar-refractivity contribution in [3.63, 3.8) is 0 Å². The molecule has 0 fully saturated rings. The minimum absolute atomic E-state index is 0.0888. The molecule has 0 saturated heterocycles. The molecule has 0 radical (unpaired) electrons. The Labute approximate surface area is 74.6 Å². The molecule has 66 valence electrons. The molecule has 0 spiro atoms. The summed E-state index contributed by atoms with van der Waals surface area (Å²) in [4.78, 5) is 7.99. The summed E-state index contributed by atoms with van der Waals surface area (Å²) in [5.74, 6) is 0.552. The number of hydrogen-bond donors (Lipinski definition) is 1. The van der Waals surface area contributed by atoms with Crippen LogP contribution in [0.5, 0.6) is 0 Å². The Kier molecular flexibility index (Phi) is 1.91. The Hall–Kier alpha value is -1.91. The van der Waals surface area contributed by atoms with E-state index in [9.17, 15) is 0 Å². The Morgan fingerprint density at radius 2 is 2.31 bits per heavy atom. The van der Waals surface area contributed by atoms with Crippen LogP contribution in [0.25, 0.3) is 0 Å². The van der Waals surface area contributed by atoms with Gasteiger partial charge >= 0.3 is 6.01 Å². The molecule has 2 heterocycles. The molecule has 0 aliphatic heterocycles. The van der Waals surface area contributed by atoms with Crippen LogP contribution in [0, 0.1) is 0 Å². The predicted molar refractivity (Wildman–Crippen MR) is 45.8 cm³/mol. The van der Waals surface area contributed by atoms with E-state index in [2.05, 4.69) is 19.6 Å². The summed E-state index contributed by atoms with van der Waals surface area (Å²) in [6.45, 7) is 0. The van der Waals surface area contributed by atoms with Crippen LogP contribution in [0.3, 0.4) is 0 Å². The average molecular weight is 176 g/mol. The van der Waals surface area contributed by atoms with Crippen molar-refractivity contribution in [1.29, 1.82) is 0 Å². The molecule has 0 bridgehead atoms. The smallest absolute Gasteiger partial charge is 0.318 e. The maximum Gasteiger partial charge on any atom is 0.318 e. The summed E-state index contributed by atoms with van der Waals surface area (Å²) in [7, 11) is 0. The minimum atomic E-state index is 0.0888. The van der Waals surface area contributed by atoms with E-state index in [4.69, 9.17) is 5.73 Å². The van der Waals surface area contributed by atoms with Crippen LogP contribution in [0.2, 0.25) is 0 Å². The highest BCUT2D eigenvalue weighted by Gasteiger charge is 2.03. The maximum atomic E-state index is 5.27. The first-order valence-corrected chi connectivity index (χ1v) is 3.82. The third-order valence-electron chi connectivity index (χ3n) is 1.55. The molecule has 2 aromatic rings. The molecule has 0 aliphatic carbocycles. The number of anilines is 1. The molecule has 0 unspecified atom stereocenters. The van der Waals surface area contributed by atoms with Crippen LogP contribution >= 0.6 is 0 Å². The van der Waals surface area contributed by atoms with E-state index in [1.54, 1.807) is 6.20 Å². The summed E-state index contributed by atoms with van der Waals surface area (Å²) >= 11 is 0. The van der Waals surface area contributed by atoms with Crippen molar-refractivity contribution in [2.75, 3.05) is 5.73 Å². The van der Waals surface area contributed by atoms with Gasteiger partial charge in [-0.2, -0.15) is 4.98 Å². The topological polar surface area (TPSA) is 77.8 Å². The van der Waals surface area contributed by atoms with Crippen molar-refractivity contribution in [1.82, 2.24) is 15.1 Å². The molecular weight excluding hydrogens is 168 g/mol. The van der Waals surface area contributed by atoms with Crippen LogP contribution in [-0.2, 0) is 6.42 Å². The summed E-state index contributed by atoms with van der Waals surface area (Å²) in [6.07, 6.45) is 2.26. The fourth-order valence-corrected chi connectivity index (χ4v) is 1.00. The molecule has 2 N–H and O–H groups in total. The fourth-order valence-electron chi connectivity index (χ4n) is 1.00. The molecule has 0 aromatic carbocycles. The quantitative estimate of drug-likeness (QED) is 0.726. The van der Waals surface area contributed by atoms with Crippen LogP contribution in [-0.4, -0.2) is 15.1 Å². The second-order valence-electron chi connectivity index (χ2n) is 2.55. The lowest BCUT2D eigenvalue weighted by Gasteiger charge is -1.92. The minimum Gasteiger partial charge on any atom is -0.351 e. The zero-order valence-electron chi connectivity index (χ0n) is 6.84. The second-order valence-corrected chi connectivity index (χ2v) is 2.55. The number of aromatic nitrogens is 3. The van der Waals surface area contributed by atoms with Gasteiger partial charge in [0, 0.05) is 11.9 Å². The number of nitrogens with two attached hydrogens (primary N) is 1. The van der Waals surface area contributed by atoms with Crippen molar-refractivity contribution in [3.05, 3.63) is 35.9 Å². The van der Waals surface area contributed by atoms with Crippen molar-refractivity contribution < 1.29 is 4.52 Å².